The van der Waals surface area contributed by atoms with E-state index >= 15 is 0 Å². The first kappa shape index (κ1) is 14.7. The number of anilines is 2. The molecule has 0 atom stereocenters. The summed E-state index contributed by atoms with van der Waals surface area (Å²) in [5.74, 6) is 0.246. The van der Waals surface area contributed by atoms with Gasteiger partial charge in [-0.2, -0.15) is 5.10 Å². The fourth-order valence-corrected chi connectivity index (χ4v) is 1.73. The van der Waals surface area contributed by atoms with Gasteiger partial charge in [0.1, 0.15) is 0 Å². The van der Waals surface area contributed by atoms with Crippen LogP contribution in [0, 0.1) is 0 Å². The lowest BCUT2D eigenvalue weighted by Gasteiger charge is -2.02. The molecule has 0 fully saturated rings. The summed E-state index contributed by atoms with van der Waals surface area (Å²) in [5.41, 5.74) is 10.9. The van der Waals surface area contributed by atoms with E-state index in [0.29, 0.717) is 0 Å². The Morgan fingerprint density at radius 1 is 1.10 bits per heavy atom. The van der Waals surface area contributed by atoms with Crippen molar-refractivity contribution in [3.63, 3.8) is 0 Å². The smallest absolute Gasteiger partial charge is 0.219 e. The number of nitrogens with zero attached hydrogens (tertiary/aromatic N) is 4. The van der Waals surface area contributed by atoms with E-state index in [-0.39, 0.29) is 18.4 Å². The van der Waals surface area contributed by atoms with Gasteiger partial charge in [-0.15, -0.1) is 12.4 Å². The van der Waals surface area contributed by atoms with Crippen LogP contribution < -0.4 is 11.2 Å². The van der Waals surface area contributed by atoms with Crippen LogP contribution in [0.5, 0.6) is 0 Å². The molecule has 0 spiro atoms. The topological polar surface area (TPSA) is 89.1 Å². The van der Waals surface area contributed by atoms with E-state index in [0.717, 1.165) is 22.2 Å². The van der Waals surface area contributed by atoms with Crippen LogP contribution >= 0.6 is 12.4 Å². The highest BCUT2D eigenvalue weighted by atomic mass is 35.5. The minimum absolute atomic E-state index is 0. The SMILES string of the molecule is Cl.Nc1ncc(C=NNc2ccc3cccnc3c2)cn1. The van der Waals surface area contributed by atoms with Crippen LogP contribution in [0.4, 0.5) is 11.6 Å². The summed E-state index contributed by atoms with van der Waals surface area (Å²) >= 11 is 0. The first-order valence-electron chi connectivity index (χ1n) is 6.03. The molecule has 0 radical (unpaired) electrons. The summed E-state index contributed by atoms with van der Waals surface area (Å²) in [6.45, 7) is 0. The van der Waals surface area contributed by atoms with Gasteiger partial charge in [-0.3, -0.25) is 10.4 Å². The molecule has 3 rings (SSSR count). The second-order valence-corrected chi connectivity index (χ2v) is 4.16. The highest BCUT2D eigenvalue weighted by molar-refractivity contribution is 5.85. The molecule has 2 aromatic heterocycles. The number of hydrazone groups is 1. The Balaban J connectivity index is 0.00000161. The Hall–Kier alpha value is -2.73. The molecule has 0 amide bonds. The van der Waals surface area contributed by atoms with Gasteiger partial charge in [-0.1, -0.05) is 12.1 Å². The summed E-state index contributed by atoms with van der Waals surface area (Å²) in [5, 5.41) is 5.22. The summed E-state index contributed by atoms with van der Waals surface area (Å²) in [7, 11) is 0. The van der Waals surface area contributed by atoms with Crippen molar-refractivity contribution < 1.29 is 0 Å². The summed E-state index contributed by atoms with van der Waals surface area (Å²) < 4.78 is 0. The zero-order valence-corrected chi connectivity index (χ0v) is 11.8. The molecular weight excluding hydrogens is 288 g/mol. The number of nitrogens with two attached hydrogens (primary N) is 1. The predicted molar refractivity (Wildman–Crippen MR) is 86.7 cm³/mol. The normalized spacial score (nSPS) is 10.5. The Morgan fingerprint density at radius 2 is 1.90 bits per heavy atom. The van der Waals surface area contributed by atoms with Gasteiger partial charge >= 0.3 is 0 Å². The molecule has 2 heterocycles. The molecule has 0 bridgehead atoms. The summed E-state index contributed by atoms with van der Waals surface area (Å²) in [6.07, 6.45) is 6.61. The summed E-state index contributed by atoms with van der Waals surface area (Å²) in [6, 6.07) is 9.80. The zero-order chi connectivity index (χ0) is 13.8. The van der Waals surface area contributed by atoms with E-state index in [1.54, 1.807) is 24.8 Å². The number of aromatic nitrogens is 3. The molecule has 0 aliphatic carbocycles. The number of nitrogens with one attached hydrogen (secondary N) is 1. The molecule has 3 aromatic rings. The van der Waals surface area contributed by atoms with Crippen molar-refractivity contribution in [3.8, 4) is 0 Å². The monoisotopic (exact) mass is 300 g/mol. The van der Waals surface area contributed by atoms with Crippen LogP contribution in [-0.4, -0.2) is 21.2 Å². The maximum absolute atomic E-state index is 5.41. The Labute approximate surface area is 127 Å². The second-order valence-electron chi connectivity index (χ2n) is 4.16. The molecular formula is C14H13ClN6. The van der Waals surface area contributed by atoms with Gasteiger partial charge in [0.25, 0.3) is 0 Å². The molecule has 21 heavy (non-hydrogen) atoms. The van der Waals surface area contributed by atoms with Crippen molar-refractivity contribution in [1.82, 2.24) is 15.0 Å². The molecule has 0 aliphatic rings. The van der Waals surface area contributed by atoms with Crippen molar-refractivity contribution in [3.05, 3.63) is 54.5 Å². The Bertz CT molecular complexity index is 757. The number of benzene rings is 1. The van der Waals surface area contributed by atoms with Crippen molar-refractivity contribution in [2.24, 2.45) is 5.10 Å². The first-order chi connectivity index (χ1) is 9.81. The van der Waals surface area contributed by atoms with Crippen LogP contribution in [0.25, 0.3) is 10.9 Å². The van der Waals surface area contributed by atoms with Crippen molar-refractivity contribution in [2.75, 3.05) is 11.2 Å². The van der Waals surface area contributed by atoms with E-state index in [9.17, 15) is 0 Å². The molecule has 0 aliphatic heterocycles. The third-order valence-corrected chi connectivity index (χ3v) is 2.70. The number of hydrogen-bond donors (Lipinski definition) is 2. The highest BCUT2D eigenvalue weighted by Gasteiger charge is 1.95. The van der Waals surface area contributed by atoms with E-state index in [2.05, 4.69) is 25.5 Å². The van der Waals surface area contributed by atoms with Gasteiger partial charge in [0, 0.05) is 29.5 Å². The van der Waals surface area contributed by atoms with E-state index in [1.165, 1.54) is 0 Å². The quantitative estimate of drug-likeness (QED) is 0.573. The van der Waals surface area contributed by atoms with Gasteiger partial charge in [0.15, 0.2) is 0 Å². The molecule has 0 saturated carbocycles. The number of halogens is 1. The van der Waals surface area contributed by atoms with Crippen molar-refractivity contribution >= 4 is 41.2 Å². The minimum Gasteiger partial charge on any atom is -0.368 e. The standard InChI is InChI=1S/C14H12N6.ClH/c15-14-17-7-10(8-18-14)9-19-20-12-4-3-11-2-1-5-16-13(11)6-12;/h1-9,20H,(H2,15,17,18);1H. The molecule has 0 unspecified atom stereocenters. The average molecular weight is 301 g/mol. The summed E-state index contributed by atoms with van der Waals surface area (Å²) in [4.78, 5) is 12.1. The third-order valence-electron chi connectivity index (χ3n) is 2.70. The van der Waals surface area contributed by atoms with Gasteiger partial charge in [-0.05, 0) is 18.2 Å². The van der Waals surface area contributed by atoms with Gasteiger partial charge < -0.3 is 5.73 Å². The predicted octanol–water partition coefficient (Wildman–Crippen LogP) is 2.47. The lowest BCUT2D eigenvalue weighted by Crippen LogP contribution is -1.96. The number of nitrogen functional groups attached to an aromatic ring is 1. The van der Waals surface area contributed by atoms with Crippen LogP contribution in [0.15, 0.2) is 54.0 Å². The molecule has 6 nitrogen and oxygen atoms in total. The third kappa shape index (κ3) is 3.64. The molecule has 106 valence electrons. The maximum atomic E-state index is 5.41. The lowest BCUT2D eigenvalue weighted by molar-refractivity contribution is 1.18. The molecule has 0 saturated heterocycles. The first-order valence-corrected chi connectivity index (χ1v) is 6.03. The largest absolute Gasteiger partial charge is 0.368 e. The fraction of sp³-hybridized carbons (Fsp3) is 0. The zero-order valence-electron chi connectivity index (χ0n) is 11.0. The van der Waals surface area contributed by atoms with Crippen LogP contribution in [0.2, 0.25) is 0 Å². The number of pyridine rings is 1. The van der Waals surface area contributed by atoms with Gasteiger partial charge in [0.05, 0.1) is 17.4 Å². The van der Waals surface area contributed by atoms with Crippen molar-refractivity contribution in [2.45, 2.75) is 0 Å². The molecule has 3 N–H and O–H groups in total. The van der Waals surface area contributed by atoms with Crippen LogP contribution in [0.1, 0.15) is 5.56 Å². The van der Waals surface area contributed by atoms with Gasteiger partial charge in [0.2, 0.25) is 5.95 Å². The Kier molecular flexibility index (Phi) is 4.63. The number of hydrogen-bond acceptors (Lipinski definition) is 6. The highest BCUT2D eigenvalue weighted by Crippen LogP contribution is 2.16. The molecule has 7 heteroatoms. The maximum Gasteiger partial charge on any atom is 0.219 e. The van der Waals surface area contributed by atoms with Crippen LogP contribution in [0.3, 0.4) is 0 Å². The second kappa shape index (κ2) is 6.62. The van der Waals surface area contributed by atoms with E-state index in [4.69, 9.17) is 5.73 Å². The van der Waals surface area contributed by atoms with E-state index in [1.807, 2.05) is 30.3 Å². The lowest BCUT2D eigenvalue weighted by atomic mass is 10.2. The average Bonchev–Trinajstić information content (AvgIpc) is 2.49. The molecule has 1 aromatic carbocycles. The minimum atomic E-state index is 0. The van der Waals surface area contributed by atoms with E-state index < -0.39 is 0 Å². The fourth-order valence-electron chi connectivity index (χ4n) is 1.73. The number of rotatable bonds is 3. The number of fused-ring (bicyclic) bond motifs is 1. The van der Waals surface area contributed by atoms with Gasteiger partial charge in [-0.25, -0.2) is 9.97 Å². The van der Waals surface area contributed by atoms with Crippen molar-refractivity contribution in [1.29, 1.82) is 0 Å². The Morgan fingerprint density at radius 3 is 2.71 bits per heavy atom. The van der Waals surface area contributed by atoms with Crippen LogP contribution in [-0.2, 0) is 0 Å².